The number of nitrogens with zero attached hydrogens (tertiary/aromatic N) is 2. The number of ether oxygens (including phenoxy) is 2. The summed E-state index contributed by atoms with van der Waals surface area (Å²) < 4.78 is 12.8. The van der Waals surface area contributed by atoms with Crippen molar-refractivity contribution < 1.29 is 19.1 Å². The van der Waals surface area contributed by atoms with Crippen LogP contribution in [0, 0.1) is 25.2 Å². The van der Waals surface area contributed by atoms with Crippen molar-refractivity contribution in [2.75, 3.05) is 19.8 Å². The first kappa shape index (κ1) is 24.8. The van der Waals surface area contributed by atoms with E-state index in [4.69, 9.17) is 9.47 Å². The lowest BCUT2D eigenvalue weighted by Crippen LogP contribution is -2.46. The monoisotopic (exact) mass is 469 g/mol. The number of carbonyl (C=O) groups excluding carboxylic acids is 2. The normalized spacial score (nSPS) is 17.1. The molecular formula is C25H31N3O4S. The molecule has 0 fully saturated rings. The topological polar surface area (TPSA) is 93.3 Å². The van der Waals surface area contributed by atoms with Gasteiger partial charge in [-0.05, 0) is 59.1 Å². The van der Waals surface area contributed by atoms with Gasteiger partial charge in [-0.1, -0.05) is 0 Å². The van der Waals surface area contributed by atoms with Crippen LogP contribution in [-0.2, 0) is 31.0 Å². The Morgan fingerprint density at radius 3 is 2.55 bits per heavy atom. The molecule has 2 aromatic heterocycles. The average Bonchev–Trinajstić information content (AvgIpc) is 3.33. The Bertz CT molecular complexity index is 1080. The summed E-state index contributed by atoms with van der Waals surface area (Å²) in [5.41, 5.74) is 2.96. The molecule has 0 radical (unpaired) electrons. The second-order valence-corrected chi connectivity index (χ2v) is 9.28. The molecule has 0 saturated carbocycles. The highest BCUT2D eigenvalue weighted by molar-refractivity contribution is 7.15. The van der Waals surface area contributed by atoms with Crippen LogP contribution in [0.2, 0.25) is 0 Å². The molecule has 1 N–H and O–H groups in total. The zero-order valence-electron chi connectivity index (χ0n) is 19.7. The van der Waals surface area contributed by atoms with E-state index in [9.17, 15) is 14.9 Å². The first-order chi connectivity index (χ1) is 15.9. The Kier molecular flexibility index (Phi) is 8.15. The molecular weight excluding hydrogens is 438 g/mol. The molecule has 0 aliphatic heterocycles. The van der Waals surface area contributed by atoms with Gasteiger partial charge in [0.05, 0.1) is 30.7 Å². The molecule has 8 heteroatoms. The van der Waals surface area contributed by atoms with Crippen molar-refractivity contribution in [2.24, 2.45) is 0 Å². The predicted molar refractivity (Wildman–Crippen MR) is 127 cm³/mol. The lowest BCUT2D eigenvalue weighted by atomic mass is 9.75. The Morgan fingerprint density at radius 2 is 1.94 bits per heavy atom. The number of nitriles is 1. The lowest BCUT2D eigenvalue weighted by molar-refractivity contribution is -0.143. The van der Waals surface area contributed by atoms with Crippen molar-refractivity contribution >= 4 is 23.2 Å². The molecule has 7 nitrogen and oxygen atoms in total. The summed E-state index contributed by atoms with van der Waals surface area (Å²) in [5.74, 6) is 1.88. The Hall–Kier alpha value is -2.85. The van der Waals surface area contributed by atoms with E-state index < -0.39 is 5.54 Å². The van der Waals surface area contributed by atoms with Gasteiger partial charge in [0.15, 0.2) is 11.7 Å². The number of aryl methyl sites for hydroxylation is 3. The summed E-state index contributed by atoms with van der Waals surface area (Å²) >= 11 is 1.63. The maximum Gasteiger partial charge on any atom is 0.307 e. The van der Waals surface area contributed by atoms with E-state index in [1.165, 1.54) is 0 Å². The number of esters is 1. The van der Waals surface area contributed by atoms with Crippen LogP contribution in [0.25, 0.3) is 5.00 Å². The average molecular weight is 470 g/mol. The summed E-state index contributed by atoms with van der Waals surface area (Å²) in [7, 11) is 0. The number of fused-ring (bicyclic) bond motifs is 1. The molecule has 3 rings (SSSR count). The second-order valence-electron chi connectivity index (χ2n) is 8.20. The third kappa shape index (κ3) is 5.06. The van der Waals surface area contributed by atoms with E-state index in [0.717, 1.165) is 46.1 Å². The SMILES string of the molecule is CCOC(=O)CCNC1(CC(=C=O)OCC)CCCc2sc(-n3c(C)ccc3C)c(C#N)c21. The highest BCUT2D eigenvalue weighted by atomic mass is 32.1. The fourth-order valence-electron chi connectivity index (χ4n) is 4.69. The van der Waals surface area contributed by atoms with Gasteiger partial charge in [-0.3, -0.25) is 4.79 Å². The molecule has 0 saturated heterocycles. The maximum absolute atomic E-state index is 12.0. The second kappa shape index (κ2) is 10.8. The van der Waals surface area contributed by atoms with Crippen LogP contribution < -0.4 is 5.32 Å². The van der Waals surface area contributed by atoms with Crippen molar-refractivity contribution in [3.8, 4) is 11.1 Å². The first-order valence-corrected chi connectivity index (χ1v) is 12.2. The smallest absolute Gasteiger partial charge is 0.307 e. The van der Waals surface area contributed by atoms with E-state index in [1.54, 1.807) is 18.3 Å². The van der Waals surface area contributed by atoms with E-state index in [2.05, 4.69) is 16.0 Å². The quantitative estimate of drug-likeness (QED) is 0.318. The zero-order chi connectivity index (χ0) is 24.0. The minimum atomic E-state index is -0.698. The van der Waals surface area contributed by atoms with Gasteiger partial charge in [0, 0.05) is 34.8 Å². The third-order valence-electron chi connectivity index (χ3n) is 6.03. The molecule has 0 spiro atoms. The van der Waals surface area contributed by atoms with Crippen LogP contribution in [0.4, 0.5) is 0 Å². The fourth-order valence-corrected chi connectivity index (χ4v) is 6.20. The van der Waals surface area contributed by atoms with Crippen molar-refractivity contribution in [3.05, 3.63) is 45.3 Å². The van der Waals surface area contributed by atoms with Crippen LogP contribution >= 0.6 is 11.3 Å². The Balaban J connectivity index is 2.11. The predicted octanol–water partition coefficient (Wildman–Crippen LogP) is 4.24. The summed E-state index contributed by atoms with van der Waals surface area (Å²) in [6.07, 6.45) is 2.95. The molecule has 33 heavy (non-hydrogen) atoms. The first-order valence-electron chi connectivity index (χ1n) is 11.4. The van der Waals surface area contributed by atoms with Gasteiger partial charge in [-0.15, -0.1) is 11.3 Å². The molecule has 1 aliphatic rings. The number of hydrogen-bond acceptors (Lipinski definition) is 7. The molecule has 176 valence electrons. The van der Waals surface area contributed by atoms with Gasteiger partial charge in [0.2, 0.25) is 0 Å². The molecule has 0 amide bonds. The van der Waals surface area contributed by atoms with E-state index in [1.807, 2.05) is 38.8 Å². The van der Waals surface area contributed by atoms with Gasteiger partial charge >= 0.3 is 5.97 Å². The number of nitrogens with one attached hydrogen (secondary N) is 1. The minimum Gasteiger partial charge on any atom is -0.487 e. The zero-order valence-corrected chi connectivity index (χ0v) is 20.6. The van der Waals surface area contributed by atoms with Gasteiger partial charge < -0.3 is 19.4 Å². The van der Waals surface area contributed by atoms with Crippen LogP contribution in [0.15, 0.2) is 17.9 Å². The Morgan fingerprint density at radius 1 is 1.24 bits per heavy atom. The van der Waals surface area contributed by atoms with Gasteiger partial charge in [-0.25, -0.2) is 4.79 Å². The number of aromatic nitrogens is 1. The van der Waals surface area contributed by atoms with Gasteiger partial charge in [0.1, 0.15) is 11.1 Å². The van der Waals surface area contributed by atoms with Gasteiger partial charge in [-0.2, -0.15) is 5.26 Å². The molecule has 2 heterocycles. The number of carbonyl (C=O) groups is 1. The van der Waals surface area contributed by atoms with E-state index in [-0.39, 0.29) is 24.6 Å². The third-order valence-corrected chi connectivity index (χ3v) is 7.26. The van der Waals surface area contributed by atoms with Crippen LogP contribution in [-0.4, -0.2) is 36.2 Å². The lowest BCUT2D eigenvalue weighted by Gasteiger charge is -2.39. The van der Waals surface area contributed by atoms with Crippen LogP contribution in [0.5, 0.6) is 0 Å². The summed E-state index contributed by atoms with van der Waals surface area (Å²) in [4.78, 5) is 24.8. The van der Waals surface area contributed by atoms with Crippen LogP contribution in [0.1, 0.15) is 66.9 Å². The van der Waals surface area contributed by atoms with Crippen molar-refractivity contribution in [1.82, 2.24) is 9.88 Å². The summed E-state index contributed by atoms with van der Waals surface area (Å²) in [5, 5.41) is 14.7. The highest BCUT2D eigenvalue weighted by Crippen LogP contribution is 2.47. The number of rotatable bonds is 10. The summed E-state index contributed by atoms with van der Waals surface area (Å²) in [6.45, 7) is 8.72. The highest BCUT2D eigenvalue weighted by Gasteiger charge is 2.42. The van der Waals surface area contributed by atoms with Crippen molar-refractivity contribution in [3.63, 3.8) is 0 Å². The van der Waals surface area contributed by atoms with E-state index in [0.29, 0.717) is 25.3 Å². The molecule has 1 unspecified atom stereocenters. The maximum atomic E-state index is 12.0. The fraction of sp³-hybridized carbons (Fsp3) is 0.520. The molecule has 0 aromatic carbocycles. The Labute approximate surface area is 199 Å². The number of thiophene rings is 1. The molecule has 1 aliphatic carbocycles. The summed E-state index contributed by atoms with van der Waals surface area (Å²) in [6, 6.07) is 6.54. The van der Waals surface area contributed by atoms with Crippen molar-refractivity contribution in [1.29, 1.82) is 5.26 Å². The minimum absolute atomic E-state index is 0.203. The van der Waals surface area contributed by atoms with Crippen molar-refractivity contribution in [2.45, 2.75) is 65.3 Å². The largest absolute Gasteiger partial charge is 0.487 e. The molecule has 0 bridgehead atoms. The standard InChI is InChI=1S/C25H31N3O4S/c1-5-31-19(16-29)14-25(27-13-11-22(30)32-6-2)12-7-8-21-23(25)20(15-26)24(33-21)28-17(3)9-10-18(28)4/h9-10,27H,5-8,11-14H2,1-4H3. The number of hydrogen-bond donors (Lipinski definition) is 1. The molecule has 2 aromatic rings. The van der Waals surface area contributed by atoms with E-state index >= 15 is 0 Å². The van der Waals surface area contributed by atoms with Crippen LogP contribution in [0.3, 0.4) is 0 Å². The molecule has 1 atom stereocenters. The van der Waals surface area contributed by atoms with Gasteiger partial charge in [0.25, 0.3) is 0 Å².